The van der Waals surface area contributed by atoms with E-state index in [2.05, 4.69) is 29.7 Å². The van der Waals surface area contributed by atoms with Crippen LogP contribution in [0.25, 0.3) is 0 Å². The number of amides is 1. The standard InChI is InChI=1S/C18H22N2O/c1-14(16-9-5-3-6-10-16)19-13-18(21)20-15(2)17-11-7-4-8-12-17/h3-12,14-15,19H,13H2,1-2H3,(H,20,21)/p+1/t14-,15-/m1/s1. The number of hydrogen-bond acceptors (Lipinski definition) is 1. The number of hydrogen-bond donors (Lipinski definition) is 2. The average molecular weight is 283 g/mol. The van der Waals surface area contributed by atoms with Gasteiger partial charge in [-0.15, -0.1) is 0 Å². The molecular formula is C18H23N2O+. The molecule has 2 atom stereocenters. The molecular weight excluding hydrogens is 260 g/mol. The predicted molar refractivity (Wildman–Crippen MR) is 84.6 cm³/mol. The maximum atomic E-state index is 12.0. The first-order valence-electron chi connectivity index (χ1n) is 7.39. The van der Waals surface area contributed by atoms with E-state index in [1.807, 2.05) is 55.5 Å². The second-order valence-electron chi connectivity index (χ2n) is 5.34. The van der Waals surface area contributed by atoms with Crippen LogP contribution in [-0.2, 0) is 4.79 Å². The molecule has 0 heterocycles. The summed E-state index contributed by atoms with van der Waals surface area (Å²) in [6, 6.07) is 20.6. The smallest absolute Gasteiger partial charge is 0.275 e. The van der Waals surface area contributed by atoms with Crippen molar-refractivity contribution in [2.24, 2.45) is 0 Å². The van der Waals surface area contributed by atoms with Crippen molar-refractivity contribution in [2.45, 2.75) is 25.9 Å². The monoisotopic (exact) mass is 283 g/mol. The van der Waals surface area contributed by atoms with E-state index in [4.69, 9.17) is 0 Å². The normalized spacial score (nSPS) is 13.4. The van der Waals surface area contributed by atoms with Gasteiger partial charge in [0.15, 0.2) is 6.54 Å². The fraction of sp³-hybridized carbons (Fsp3) is 0.278. The van der Waals surface area contributed by atoms with E-state index in [-0.39, 0.29) is 18.0 Å². The lowest BCUT2D eigenvalue weighted by atomic mass is 10.1. The number of quaternary nitrogens is 1. The molecule has 2 aromatic carbocycles. The first kappa shape index (κ1) is 15.3. The largest absolute Gasteiger partial charge is 0.345 e. The van der Waals surface area contributed by atoms with Crippen LogP contribution in [0.3, 0.4) is 0 Å². The van der Waals surface area contributed by atoms with Crippen molar-refractivity contribution in [2.75, 3.05) is 6.54 Å². The summed E-state index contributed by atoms with van der Waals surface area (Å²) in [5.41, 5.74) is 2.36. The van der Waals surface area contributed by atoms with Crippen LogP contribution < -0.4 is 10.6 Å². The SMILES string of the molecule is C[C@@H](NC(=O)C[NH2+][C@H](C)c1ccccc1)c1ccccc1. The van der Waals surface area contributed by atoms with Gasteiger partial charge in [-0.1, -0.05) is 60.7 Å². The number of benzene rings is 2. The Hall–Kier alpha value is -2.13. The van der Waals surface area contributed by atoms with Crippen LogP contribution >= 0.6 is 0 Å². The molecule has 0 spiro atoms. The lowest BCUT2D eigenvalue weighted by Crippen LogP contribution is -2.87. The third-order valence-corrected chi connectivity index (χ3v) is 3.66. The molecule has 0 fully saturated rings. The van der Waals surface area contributed by atoms with Gasteiger partial charge in [0.25, 0.3) is 5.91 Å². The number of nitrogens with one attached hydrogen (secondary N) is 1. The topological polar surface area (TPSA) is 45.7 Å². The molecule has 0 unspecified atom stereocenters. The highest BCUT2D eigenvalue weighted by molar-refractivity contribution is 5.77. The van der Waals surface area contributed by atoms with E-state index >= 15 is 0 Å². The highest BCUT2D eigenvalue weighted by Crippen LogP contribution is 2.10. The summed E-state index contributed by atoms with van der Waals surface area (Å²) in [6.07, 6.45) is 0. The lowest BCUT2D eigenvalue weighted by Gasteiger charge is -2.15. The minimum absolute atomic E-state index is 0.0409. The molecule has 2 aromatic rings. The van der Waals surface area contributed by atoms with E-state index in [1.54, 1.807) is 0 Å². The van der Waals surface area contributed by atoms with E-state index < -0.39 is 0 Å². The molecule has 0 saturated heterocycles. The Labute approximate surface area is 126 Å². The van der Waals surface area contributed by atoms with Crippen molar-refractivity contribution < 1.29 is 10.1 Å². The molecule has 0 radical (unpaired) electrons. The quantitative estimate of drug-likeness (QED) is 0.838. The van der Waals surface area contributed by atoms with Gasteiger partial charge in [0.05, 0.1) is 6.04 Å². The van der Waals surface area contributed by atoms with Gasteiger partial charge in [0, 0.05) is 5.56 Å². The van der Waals surface area contributed by atoms with Gasteiger partial charge in [0.1, 0.15) is 6.04 Å². The molecule has 3 heteroatoms. The van der Waals surface area contributed by atoms with E-state index in [0.717, 1.165) is 5.56 Å². The highest BCUT2D eigenvalue weighted by Gasteiger charge is 2.13. The Morgan fingerprint density at radius 1 is 0.952 bits per heavy atom. The first-order chi connectivity index (χ1) is 10.2. The molecule has 0 bridgehead atoms. The maximum absolute atomic E-state index is 12.0. The number of carbonyl (C=O) groups is 1. The summed E-state index contributed by atoms with van der Waals surface area (Å²) in [5, 5.41) is 5.09. The number of carbonyl (C=O) groups excluding carboxylic acids is 1. The fourth-order valence-corrected chi connectivity index (χ4v) is 2.30. The molecule has 3 N–H and O–H groups in total. The van der Waals surface area contributed by atoms with Crippen LogP contribution in [0, 0.1) is 0 Å². The third-order valence-electron chi connectivity index (χ3n) is 3.66. The Morgan fingerprint density at radius 3 is 2.05 bits per heavy atom. The minimum atomic E-state index is 0.0409. The van der Waals surface area contributed by atoms with Crippen molar-refractivity contribution in [3.63, 3.8) is 0 Å². The molecule has 3 nitrogen and oxygen atoms in total. The van der Waals surface area contributed by atoms with Crippen LogP contribution in [0.2, 0.25) is 0 Å². The summed E-state index contributed by atoms with van der Waals surface area (Å²) in [4.78, 5) is 12.0. The summed E-state index contributed by atoms with van der Waals surface area (Å²) in [7, 11) is 0. The number of nitrogens with two attached hydrogens (primary N) is 1. The molecule has 110 valence electrons. The van der Waals surface area contributed by atoms with Crippen molar-refractivity contribution >= 4 is 5.91 Å². The summed E-state index contributed by atoms with van der Waals surface area (Å²) in [5.74, 6) is 0.0640. The second kappa shape index (κ2) is 7.60. The van der Waals surface area contributed by atoms with Crippen LogP contribution in [0.5, 0.6) is 0 Å². The summed E-state index contributed by atoms with van der Waals surface area (Å²) < 4.78 is 0. The highest BCUT2D eigenvalue weighted by atomic mass is 16.1. The molecule has 2 rings (SSSR count). The van der Waals surface area contributed by atoms with Crippen LogP contribution in [0.15, 0.2) is 60.7 Å². The number of rotatable bonds is 6. The molecule has 0 aromatic heterocycles. The minimum Gasteiger partial charge on any atom is -0.345 e. The van der Waals surface area contributed by atoms with Crippen LogP contribution in [0.1, 0.15) is 37.1 Å². The summed E-state index contributed by atoms with van der Waals surface area (Å²) >= 11 is 0. The van der Waals surface area contributed by atoms with Gasteiger partial charge in [0.2, 0.25) is 0 Å². The van der Waals surface area contributed by atoms with Gasteiger partial charge in [-0.2, -0.15) is 0 Å². The van der Waals surface area contributed by atoms with E-state index in [0.29, 0.717) is 6.54 Å². The zero-order valence-corrected chi connectivity index (χ0v) is 12.6. The zero-order valence-electron chi connectivity index (χ0n) is 12.6. The van der Waals surface area contributed by atoms with Crippen molar-refractivity contribution in [3.8, 4) is 0 Å². The average Bonchev–Trinajstić information content (AvgIpc) is 2.54. The van der Waals surface area contributed by atoms with Crippen molar-refractivity contribution in [1.29, 1.82) is 0 Å². The van der Waals surface area contributed by atoms with Crippen LogP contribution in [0.4, 0.5) is 0 Å². The molecule has 0 aliphatic carbocycles. The Morgan fingerprint density at radius 2 is 1.48 bits per heavy atom. The van der Waals surface area contributed by atoms with Crippen molar-refractivity contribution in [3.05, 3.63) is 71.8 Å². The molecule has 0 aliphatic rings. The van der Waals surface area contributed by atoms with Gasteiger partial charge >= 0.3 is 0 Å². The Bertz CT molecular complexity index is 554. The van der Waals surface area contributed by atoms with E-state index in [9.17, 15) is 4.79 Å². The van der Waals surface area contributed by atoms with Gasteiger partial charge in [-0.3, -0.25) is 4.79 Å². The van der Waals surface area contributed by atoms with Gasteiger partial charge in [-0.05, 0) is 19.4 Å². The van der Waals surface area contributed by atoms with E-state index in [1.165, 1.54) is 5.56 Å². The molecule has 0 aliphatic heterocycles. The van der Waals surface area contributed by atoms with Gasteiger partial charge < -0.3 is 10.6 Å². The molecule has 21 heavy (non-hydrogen) atoms. The zero-order chi connectivity index (χ0) is 15.1. The predicted octanol–water partition coefficient (Wildman–Crippen LogP) is 2.19. The third kappa shape index (κ3) is 4.72. The second-order valence-corrected chi connectivity index (χ2v) is 5.34. The first-order valence-corrected chi connectivity index (χ1v) is 7.39. The molecule has 0 saturated carbocycles. The summed E-state index contributed by atoms with van der Waals surface area (Å²) in [6.45, 7) is 4.56. The lowest BCUT2D eigenvalue weighted by molar-refractivity contribution is -0.682. The fourth-order valence-electron chi connectivity index (χ4n) is 2.30. The Kier molecular flexibility index (Phi) is 5.52. The van der Waals surface area contributed by atoms with Crippen molar-refractivity contribution in [1.82, 2.24) is 5.32 Å². The van der Waals surface area contributed by atoms with Crippen LogP contribution in [-0.4, -0.2) is 12.5 Å². The molecule has 1 amide bonds. The maximum Gasteiger partial charge on any atom is 0.275 e. The Balaban J connectivity index is 1.80. The van der Waals surface area contributed by atoms with Gasteiger partial charge in [-0.25, -0.2) is 0 Å².